The molecule has 222 valence electrons. The SMILES string of the molecule is O=C(O)CN(CC(=O)O)Cc1ccn(-c2cc(-c3ccccc3)cc(-n3ccc(CN(CC(=O)O)CC(=O)O)n3)n2)n1.[Eu+3]. The quantitative estimate of drug-likeness (QED) is 0.135. The summed E-state index contributed by atoms with van der Waals surface area (Å²) in [6, 6.07) is 16.3. The summed E-state index contributed by atoms with van der Waals surface area (Å²) in [7, 11) is 0. The summed E-state index contributed by atoms with van der Waals surface area (Å²) in [5.41, 5.74) is 2.53. The second kappa shape index (κ2) is 15.6. The third kappa shape index (κ3) is 10.1. The predicted octanol–water partition coefficient (Wildman–Crippen LogP) is 1.06. The molecule has 4 aromatic rings. The minimum absolute atomic E-state index is 0. The summed E-state index contributed by atoms with van der Waals surface area (Å²) < 4.78 is 2.97. The summed E-state index contributed by atoms with van der Waals surface area (Å²) in [6.07, 6.45) is 3.25. The molecule has 43 heavy (non-hydrogen) atoms. The second-order valence-electron chi connectivity index (χ2n) is 9.31. The van der Waals surface area contributed by atoms with Crippen LogP contribution in [0.1, 0.15) is 11.4 Å². The summed E-state index contributed by atoms with van der Waals surface area (Å²) in [5, 5.41) is 45.5. The van der Waals surface area contributed by atoms with Crippen molar-refractivity contribution in [1.29, 1.82) is 0 Å². The van der Waals surface area contributed by atoms with E-state index in [9.17, 15) is 19.2 Å². The molecule has 0 fully saturated rings. The minimum Gasteiger partial charge on any atom is -0.480 e. The summed E-state index contributed by atoms with van der Waals surface area (Å²) >= 11 is 0. The molecule has 0 aliphatic carbocycles. The number of carbonyl (C=O) groups is 4. The molecular formula is C27H27EuN7O8+3. The number of hydrogen-bond donors (Lipinski definition) is 4. The van der Waals surface area contributed by atoms with Crippen LogP contribution in [0.5, 0.6) is 0 Å². The fraction of sp³-hybridized carbons (Fsp3) is 0.222. The van der Waals surface area contributed by atoms with Crippen molar-refractivity contribution in [3.8, 4) is 22.8 Å². The number of carboxylic acids is 4. The average molecular weight is 730 g/mol. The molecule has 3 aromatic heterocycles. The van der Waals surface area contributed by atoms with Crippen molar-refractivity contribution >= 4 is 23.9 Å². The van der Waals surface area contributed by atoms with Crippen molar-refractivity contribution < 1.29 is 89.0 Å². The molecule has 0 saturated carbocycles. The van der Waals surface area contributed by atoms with Crippen molar-refractivity contribution in [1.82, 2.24) is 34.3 Å². The first-order chi connectivity index (χ1) is 20.0. The first-order valence-electron chi connectivity index (χ1n) is 12.5. The number of rotatable bonds is 15. The molecular weight excluding hydrogens is 702 g/mol. The molecule has 1 aromatic carbocycles. The van der Waals surface area contributed by atoms with E-state index in [1.807, 2.05) is 30.3 Å². The van der Waals surface area contributed by atoms with Crippen LogP contribution in [0.3, 0.4) is 0 Å². The van der Waals surface area contributed by atoms with E-state index in [1.54, 1.807) is 36.7 Å². The number of hydrogen-bond acceptors (Lipinski definition) is 9. The molecule has 15 nitrogen and oxygen atoms in total. The smallest absolute Gasteiger partial charge is 0.480 e. The fourth-order valence-electron chi connectivity index (χ4n) is 4.24. The van der Waals surface area contributed by atoms with Crippen LogP contribution in [0.4, 0.5) is 0 Å². The number of aromatic nitrogens is 5. The van der Waals surface area contributed by atoms with Gasteiger partial charge in [-0.1, -0.05) is 30.3 Å². The van der Waals surface area contributed by atoms with Crippen LogP contribution < -0.4 is 0 Å². The molecule has 0 aliphatic heterocycles. The zero-order valence-corrected chi connectivity index (χ0v) is 24.9. The Morgan fingerprint density at radius 3 is 1.37 bits per heavy atom. The molecule has 0 amide bonds. The maximum absolute atomic E-state index is 11.2. The van der Waals surface area contributed by atoms with Crippen molar-refractivity contribution in [3.63, 3.8) is 0 Å². The van der Waals surface area contributed by atoms with E-state index in [-0.39, 0.29) is 62.5 Å². The molecule has 0 atom stereocenters. The van der Waals surface area contributed by atoms with Crippen molar-refractivity contribution in [2.45, 2.75) is 13.1 Å². The van der Waals surface area contributed by atoms with Gasteiger partial charge in [-0.25, -0.2) is 14.3 Å². The number of benzene rings is 1. The second-order valence-corrected chi connectivity index (χ2v) is 9.31. The van der Waals surface area contributed by atoms with Crippen LogP contribution >= 0.6 is 0 Å². The van der Waals surface area contributed by atoms with Gasteiger partial charge in [-0.15, -0.1) is 0 Å². The van der Waals surface area contributed by atoms with Crippen LogP contribution in [0.2, 0.25) is 0 Å². The molecule has 0 saturated heterocycles. The molecule has 0 aliphatic rings. The normalized spacial score (nSPS) is 10.9. The minimum atomic E-state index is -1.16. The predicted molar refractivity (Wildman–Crippen MR) is 145 cm³/mol. The third-order valence-corrected chi connectivity index (χ3v) is 5.87. The Bertz CT molecular complexity index is 1460. The van der Waals surface area contributed by atoms with Crippen LogP contribution in [0.25, 0.3) is 22.8 Å². The number of pyridine rings is 1. The summed E-state index contributed by atoms with van der Waals surface area (Å²) in [5.74, 6) is -3.85. The Morgan fingerprint density at radius 2 is 1.00 bits per heavy atom. The summed E-state index contributed by atoms with van der Waals surface area (Å²) in [6.45, 7) is -1.90. The zero-order valence-electron chi connectivity index (χ0n) is 22.5. The van der Waals surface area contributed by atoms with E-state index in [0.717, 1.165) is 11.1 Å². The van der Waals surface area contributed by atoms with Crippen LogP contribution in [-0.2, 0) is 32.3 Å². The van der Waals surface area contributed by atoms with Crippen LogP contribution in [0.15, 0.2) is 67.0 Å². The third-order valence-electron chi connectivity index (χ3n) is 5.87. The van der Waals surface area contributed by atoms with E-state index in [1.165, 1.54) is 19.2 Å². The standard InChI is InChI=1S/C27H27N7O8.Eu/c35-24(36)14-31(15-25(37)38)12-20-6-8-33(29-20)22-10-19(18-4-2-1-3-5-18)11-23(28-22)34-9-7-21(30-34)13-32(16-26(39)40)17-27(41)42;/h1-11H,12-17H2,(H,35,36)(H,37,38)(H,39,40)(H,41,42);/q;+3. The van der Waals surface area contributed by atoms with E-state index in [0.29, 0.717) is 23.0 Å². The Balaban J connectivity index is 0.00000506. The van der Waals surface area contributed by atoms with Gasteiger partial charge in [0.15, 0.2) is 11.6 Å². The van der Waals surface area contributed by atoms with Crippen LogP contribution in [0, 0.1) is 49.4 Å². The van der Waals surface area contributed by atoms with Gasteiger partial charge in [0, 0.05) is 25.5 Å². The number of nitrogens with zero attached hydrogens (tertiary/aromatic N) is 7. The Kier molecular flexibility index (Phi) is 12.2. The van der Waals surface area contributed by atoms with Gasteiger partial charge < -0.3 is 20.4 Å². The maximum atomic E-state index is 11.2. The van der Waals surface area contributed by atoms with E-state index in [4.69, 9.17) is 20.4 Å². The first kappa shape index (κ1) is 33.7. The van der Waals surface area contributed by atoms with Gasteiger partial charge in [0.05, 0.1) is 37.6 Å². The van der Waals surface area contributed by atoms with Crippen molar-refractivity contribution in [2.24, 2.45) is 0 Å². The van der Waals surface area contributed by atoms with E-state index in [2.05, 4.69) is 15.2 Å². The molecule has 0 radical (unpaired) electrons. The average Bonchev–Trinajstić information content (AvgIpc) is 3.57. The van der Waals surface area contributed by atoms with Gasteiger partial charge in [-0.3, -0.25) is 29.0 Å². The Labute approximate surface area is 285 Å². The van der Waals surface area contributed by atoms with E-state index < -0.39 is 50.1 Å². The first-order valence-corrected chi connectivity index (χ1v) is 12.5. The fourth-order valence-corrected chi connectivity index (χ4v) is 4.24. The number of aliphatic carboxylic acids is 4. The monoisotopic (exact) mass is 730 g/mol. The van der Waals surface area contributed by atoms with Crippen molar-refractivity contribution in [3.05, 3.63) is 78.4 Å². The van der Waals surface area contributed by atoms with Gasteiger partial charge in [-0.05, 0) is 35.4 Å². The largest absolute Gasteiger partial charge is 3.00 e. The molecule has 0 bridgehead atoms. The topological polar surface area (TPSA) is 204 Å². The van der Waals surface area contributed by atoms with Gasteiger partial charge in [0.2, 0.25) is 0 Å². The van der Waals surface area contributed by atoms with Gasteiger partial charge in [-0.2, -0.15) is 10.2 Å². The summed E-state index contributed by atoms with van der Waals surface area (Å²) in [4.78, 5) is 51.8. The van der Waals surface area contributed by atoms with Gasteiger partial charge >= 0.3 is 73.3 Å². The number of carboxylic acid groups (broad SMARTS) is 4. The van der Waals surface area contributed by atoms with Gasteiger partial charge in [0.25, 0.3) is 0 Å². The molecule has 4 rings (SSSR count). The van der Waals surface area contributed by atoms with Crippen LogP contribution in [-0.4, -0.2) is 105 Å². The Morgan fingerprint density at radius 1 is 0.605 bits per heavy atom. The molecule has 0 spiro atoms. The Hall–Kier alpha value is -3.83. The van der Waals surface area contributed by atoms with E-state index >= 15 is 0 Å². The molecule has 3 heterocycles. The zero-order chi connectivity index (χ0) is 30.2. The molecule has 16 heteroatoms. The van der Waals surface area contributed by atoms with Gasteiger partial charge in [0.1, 0.15) is 0 Å². The maximum Gasteiger partial charge on any atom is 3.00 e. The van der Waals surface area contributed by atoms with Crippen molar-refractivity contribution in [2.75, 3.05) is 26.2 Å². The molecule has 0 unspecified atom stereocenters. The molecule has 4 N–H and O–H groups in total.